The van der Waals surface area contributed by atoms with Gasteiger partial charge in [-0.25, -0.2) is 4.39 Å². The monoisotopic (exact) mass is 305 g/mol. The van der Waals surface area contributed by atoms with Crippen molar-refractivity contribution in [2.45, 2.75) is 13.3 Å². The number of aryl methyl sites for hydroxylation is 1. The number of carbonyl (C=O) groups is 1. The molecule has 5 nitrogen and oxygen atoms in total. The molecule has 0 fully saturated rings. The van der Waals surface area contributed by atoms with Crippen molar-refractivity contribution in [1.29, 1.82) is 0 Å². The van der Waals surface area contributed by atoms with E-state index >= 15 is 0 Å². The summed E-state index contributed by atoms with van der Waals surface area (Å²) in [5.74, 6) is 4.35. The Hall–Kier alpha value is -2.30. The number of aromatic nitrogens is 2. The predicted molar refractivity (Wildman–Crippen MR) is 77.6 cm³/mol. The second-order valence-corrected chi connectivity index (χ2v) is 4.87. The Morgan fingerprint density at radius 2 is 2.33 bits per heavy atom. The summed E-state index contributed by atoms with van der Waals surface area (Å²) in [4.78, 5) is 12.3. The summed E-state index contributed by atoms with van der Waals surface area (Å²) in [6, 6.07) is 4.24. The lowest BCUT2D eigenvalue weighted by Gasteiger charge is -2.04. The van der Waals surface area contributed by atoms with Crippen molar-refractivity contribution >= 4 is 23.1 Å². The molecular weight excluding hydrogens is 293 g/mol. The highest BCUT2D eigenvalue weighted by molar-refractivity contribution is 7.08. The molecule has 2 rings (SSSR count). The number of aliphatic hydroxyl groups is 1. The fraction of sp³-hybridized carbons (Fsp3) is 0.214. The first-order chi connectivity index (χ1) is 10.1. The van der Waals surface area contributed by atoms with Gasteiger partial charge in [-0.3, -0.25) is 4.79 Å². The number of halogens is 1. The van der Waals surface area contributed by atoms with E-state index in [-0.39, 0.29) is 24.5 Å². The molecule has 0 saturated carbocycles. The first kappa shape index (κ1) is 15.1. The summed E-state index contributed by atoms with van der Waals surface area (Å²) in [5.41, 5.74) is 1.08. The van der Waals surface area contributed by atoms with Crippen molar-refractivity contribution in [3.8, 4) is 11.8 Å². The quantitative estimate of drug-likeness (QED) is 0.850. The molecule has 21 heavy (non-hydrogen) atoms. The topological polar surface area (TPSA) is 75.1 Å². The summed E-state index contributed by atoms with van der Waals surface area (Å²) in [7, 11) is 0. The van der Waals surface area contributed by atoms with E-state index in [4.69, 9.17) is 5.11 Å². The zero-order valence-corrected chi connectivity index (χ0v) is 12.0. The third kappa shape index (κ3) is 3.84. The van der Waals surface area contributed by atoms with Gasteiger partial charge in [0.25, 0.3) is 5.91 Å². The van der Waals surface area contributed by atoms with Crippen LogP contribution < -0.4 is 5.32 Å². The maximum absolute atomic E-state index is 13.8. The third-order valence-electron chi connectivity index (χ3n) is 2.54. The Labute approximate surface area is 125 Å². The molecule has 1 aromatic carbocycles. The molecule has 0 unspecified atom stereocenters. The van der Waals surface area contributed by atoms with Crippen molar-refractivity contribution in [3.63, 3.8) is 0 Å². The van der Waals surface area contributed by atoms with Crippen LogP contribution in [0.4, 0.5) is 10.1 Å². The number of anilines is 1. The molecule has 0 bridgehead atoms. The molecule has 1 aromatic heterocycles. The van der Waals surface area contributed by atoms with Gasteiger partial charge in [-0.1, -0.05) is 16.3 Å². The molecule has 0 spiro atoms. The van der Waals surface area contributed by atoms with Crippen molar-refractivity contribution in [2.24, 2.45) is 0 Å². The molecular formula is C14H12FN3O2S. The molecule has 0 aliphatic heterocycles. The van der Waals surface area contributed by atoms with Crippen molar-refractivity contribution in [3.05, 3.63) is 40.2 Å². The Morgan fingerprint density at radius 3 is 2.95 bits per heavy atom. The van der Waals surface area contributed by atoms with Crippen molar-refractivity contribution < 1.29 is 14.3 Å². The second kappa shape index (κ2) is 6.92. The minimum absolute atomic E-state index is 0.0645. The van der Waals surface area contributed by atoms with E-state index in [0.29, 0.717) is 16.3 Å². The summed E-state index contributed by atoms with van der Waals surface area (Å²) < 4.78 is 17.5. The zero-order chi connectivity index (χ0) is 15.2. The molecule has 0 radical (unpaired) electrons. The lowest BCUT2D eigenvalue weighted by Crippen LogP contribution is -2.11. The van der Waals surface area contributed by atoms with E-state index in [1.165, 1.54) is 12.1 Å². The zero-order valence-electron chi connectivity index (χ0n) is 11.2. The van der Waals surface area contributed by atoms with Gasteiger partial charge in [0.2, 0.25) is 0 Å². The Morgan fingerprint density at radius 1 is 1.52 bits per heavy atom. The van der Waals surface area contributed by atoms with Crippen LogP contribution in [0.3, 0.4) is 0 Å². The maximum Gasteiger partial charge on any atom is 0.269 e. The average molecular weight is 305 g/mol. The van der Waals surface area contributed by atoms with Gasteiger partial charge in [0.15, 0.2) is 0 Å². The smallest absolute Gasteiger partial charge is 0.269 e. The molecule has 1 heterocycles. The van der Waals surface area contributed by atoms with E-state index in [9.17, 15) is 9.18 Å². The molecule has 108 valence electrons. The van der Waals surface area contributed by atoms with Crippen LogP contribution >= 0.6 is 11.5 Å². The third-order valence-corrected chi connectivity index (χ3v) is 3.37. The van der Waals surface area contributed by atoms with E-state index in [2.05, 4.69) is 26.7 Å². The van der Waals surface area contributed by atoms with Crippen LogP contribution in [-0.2, 0) is 0 Å². The average Bonchev–Trinajstić information content (AvgIpc) is 2.88. The largest absolute Gasteiger partial charge is 0.395 e. The van der Waals surface area contributed by atoms with Gasteiger partial charge in [0.05, 0.1) is 17.9 Å². The first-order valence-electron chi connectivity index (χ1n) is 6.11. The molecule has 2 N–H and O–H groups in total. The standard InChI is InChI=1S/C14H12FN3O2S/c1-9-13(21-18-17-9)14(20)16-11-6-5-10(12(15)8-11)4-2-3-7-19/h5-6,8,19H,3,7H2,1H3,(H,16,20). The van der Waals surface area contributed by atoms with Gasteiger partial charge in [0, 0.05) is 12.1 Å². The normalized spacial score (nSPS) is 9.86. The number of carbonyl (C=O) groups excluding carboxylic acids is 1. The lowest BCUT2D eigenvalue weighted by atomic mass is 10.2. The second-order valence-electron chi connectivity index (χ2n) is 4.11. The van der Waals surface area contributed by atoms with Crippen LogP contribution in [0.1, 0.15) is 27.3 Å². The van der Waals surface area contributed by atoms with Crippen LogP contribution in [0.25, 0.3) is 0 Å². The first-order valence-corrected chi connectivity index (χ1v) is 6.88. The Balaban J connectivity index is 2.12. The molecule has 2 aromatic rings. The highest BCUT2D eigenvalue weighted by Crippen LogP contribution is 2.17. The number of benzene rings is 1. The number of nitrogens with zero attached hydrogens (tertiary/aromatic N) is 2. The van der Waals surface area contributed by atoms with E-state index in [0.717, 1.165) is 11.5 Å². The summed E-state index contributed by atoms with van der Waals surface area (Å²) in [6.45, 7) is 1.61. The number of rotatable bonds is 3. The van der Waals surface area contributed by atoms with E-state index in [1.54, 1.807) is 13.0 Å². The SMILES string of the molecule is Cc1nnsc1C(=O)Nc1ccc(C#CCCO)c(F)c1. The number of hydrogen-bond donors (Lipinski definition) is 2. The van der Waals surface area contributed by atoms with E-state index < -0.39 is 5.82 Å². The van der Waals surface area contributed by atoms with Gasteiger partial charge in [-0.2, -0.15) is 0 Å². The highest BCUT2D eigenvalue weighted by atomic mass is 32.1. The molecule has 7 heteroatoms. The van der Waals surface area contributed by atoms with Gasteiger partial charge in [-0.15, -0.1) is 5.10 Å². The summed E-state index contributed by atoms with van der Waals surface area (Å²) in [6.07, 6.45) is 0.287. The van der Waals surface area contributed by atoms with Crippen LogP contribution in [0, 0.1) is 24.6 Å². The minimum Gasteiger partial charge on any atom is -0.395 e. The molecule has 0 saturated heterocycles. The van der Waals surface area contributed by atoms with Gasteiger partial charge >= 0.3 is 0 Å². The predicted octanol–water partition coefficient (Wildman–Crippen LogP) is 1.97. The number of aliphatic hydroxyl groups excluding tert-OH is 1. The molecule has 0 atom stereocenters. The fourth-order valence-corrected chi connectivity index (χ4v) is 2.09. The van der Waals surface area contributed by atoms with Crippen LogP contribution in [0.15, 0.2) is 18.2 Å². The van der Waals surface area contributed by atoms with Crippen molar-refractivity contribution in [2.75, 3.05) is 11.9 Å². The maximum atomic E-state index is 13.8. The number of nitrogens with one attached hydrogen (secondary N) is 1. The van der Waals surface area contributed by atoms with Crippen LogP contribution in [0.5, 0.6) is 0 Å². The number of hydrogen-bond acceptors (Lipinski definition) is 5. The van der Waals surface area contributed by atoms with Gasteiger partial charge in [0.1, 0.15) is 10.7 Å². The molecule has 0 aliphatic carbocycles. The number of amides is 1. The van der Waals surface area contributed by atoms with Crippen LogP contribution in [0.2, 0.25) is 0 Å². The Bertz CT molecular complexity index is 718. The minimum atomic E-state index is -0.530. The summed E-state index contributed by atoms with van der Waals surface area (Å²) >= 11 is 0.985. The van der Waals surface area contributed by atoms with Gasteiger partial charge in [-0.05, 0) is 36.7 Å². The lowest BCUT2D eigenvalue weighted by molar-refractivity contribution is 0.103. The Kier molecular flexibility index (Phi) is 4.98. The molecule has 1 amide bonds. The fourth-order valence-electron chi connectivity index (χ4n) is 1.54. The highest BCUT2D eigenvalue weighted by Gasteiger charge is 2.13. The van der Waals surface area contributed by atoms with Gasteiger partial charge < -0.3 is 10.4 Å². The summed E-state index contributed by atoms with van der Waals surface area (Å²) in [5, 5.41) is 14.9. The molecule has 0 aliphatic rings. The van der Waals surface area contributed by atoms with Crippen LogP contribution in [-0.4, -0.2) is 27.2 Å². The van der Waals surface area contributed by atoms with Crippen molar-refractivity contribution in [1.82, 2.24) is 9.59 Å². The van der Waals surface area contributed by atoms with E-state index in [1.807, 2.05) is 0 Å².